The molecule has 1 aliphatic heterocycles. The molecule has 6 nitrogen and oxygen atoms in total. The Bertz CT molecular complexity index is 620. The van der Waals surface area contributed by atoms with Gasteiger partial charge in [0.15, 0.2) is 0 Å². The Balaban J connectivity index is 1.44. The van der Waals surface area contributed by atoms with E-state index >= 15 is 0 Å². The van der Waals surface area contributed by atoms with Crippen LogP contribution in [0.15, 0.2) is 30.7 Å². The van der Waals surface area contributed by atoms with Gasteiger partial charge in [0, 0.05) is 56.4 Å². The maximum absolute atomic E-state index is 9.53. The summed E-state index contributed by atoms with van der Waals surface area (Å²) in [4.78, 5) is 6.52. The normalized spacial score (nSPS) is 16.6. The van der Waals surface area contributed by atoms with Gasteiger partial charge in [0.05, 0.1) is 11.8 Å². The minimum atomic E-state index is -0.0865. The molecule has 0 radical (unpaired) electrons. The number of hydrogen-bond donors (Lipinski definition) is 2. The van der Waals surface area contributed by atoms with Crippen LogP contribution in [0.3, 0.4) is 0 Å². The van der Waals surface area contributed by atoms with Crippen LogP contribution in [0.25, 0.3) is 11.3 Å². The largest absolute Gasteiger partial charge is 0.393 e. The molecular formula is C18H27N5O. The molecule has 3 heterocycles. The van der Waals surface area contributed by atoms with Crippen molar-refractivity contribution in [1.29, 1.82) is 0 Å². The van der Waals surface area contributed by atoms with E-state index in [-0.39, 0.29) is 6.10 Å². The highest BCUT2D eigenvalue weighted by Crippen LogP contribution is 2.20. The van der Waals surface area contributed by atoms with Crippen LogP contribution in [-0.2, 0) is 13.6 Å². The first-order chi connectivity index (χ1) is 11.7. The van der Waals surface area contributed by atoms with Gasteiger partial charge >= 0.3 is 0 Å². The third kappa shape index (κ3) is 4.63. The molecule has 1 aliphatic rings. The highest BCUT2D eigenvalue weighted by molar-refractivity contribution is 5.61. The molecule has 130 valence electrons. The molecule has 0 unspecified atom stereocenters. The van der Waals surface area contributed by atoms with Gasteiger partial charge in [0.2, 0.25) is 0 Å². The summed E-state index contributed by atoms with van der Waals surface area (Å²) in [6.07, 6.45) is 8.55. The maximum Gasteiger partial charge on any atom is 0.0969 e. The van der Waals surface area contributed by atoms with E-state index in [2.05, 4.69) is 26.5 Å². The fourth-order valence-corrected chi connectivity index (χ4v) is 3.21. The third-order valence-electron chi connectivity index (χ3n) is 4.56. The second-order valence-electron chi connectivity index (χ2n) is 6.52. The van der Waals surface area contributed by atoms with Gasteiger partial charge in [-0.25, -0.2) is 0 Å². The molecule has 0 bridgehead atoms. The highest BCUT2D eigenvalue weighted by Gasteiger charge is 2.16. The standard InChI is InChI=1S/C18H27N5O/c1-22-14-16(18(21-22)15-3-8-19-9-4-15)13-20-7-2-10-23-11-5-17(24)6-12-23/h3-4,8-9,14,17,20,24H,2,5-7,10-13H2,1H3. The summed E-state index contributed by atoms with van der Waals surface area (Å²) in [6, 6.07) is 3.99. The molecule has 0 spiro atoms. The van der Waals surface area contributed by atoms with Crippen molar-refractivity contribution >= 4 is 0 Å². The van der Waals surface area contributed by atoms with Crippen molar-refractivity contribution < 1.29 is 5.11 Å². The van der Waals surface area contributed by atoms with Gasteiger partial charge in [-0.3, -0.25) is 9.67 Å². The van der Waals surface area contributed by atoms with Crippen LogP contribution in [0.5, 0.6) is 0 Å². The average molecular weight is 329 g/mol. The summed E-state index contributed by atoms with van der Waals surface area (Å²) in [5.74, 6) is 0. The Hall–Kier alpha value is -1.76. The van der Waals surface area contributed by atoms with E-state index in [1.54, 1.807) is 12.4 Å². The molecule has 0 saturated carbocycles. The number of likely N-dealkylation sites (tertiary alicyclic amines) is 1. The number of aryl methyl sites for hydroxylation is 1. The van der Waals surface area contributed by atoms with Gasteiger partial charge in [-0.2, -0.15) is 5.10 Å². The first kappa shape index (κ1) is 17.1. The molecule has 1 saturated heterocycles. The Morgan fingerprint density at radius 1 is 1.25 bits per heavy atom. The molecule has 0 amide bonds. The van der Waals surface area contributed by atoms with E-state index in [1.165, 1.54) is 5.56 Å². The second-order valence-corrected chi connectivity index (χ2v) is 6.52. The molecule has 6 heteroatoms. The topological polar surface area (TPSA) is 66.2 Å². The Kier molecular flexibility index (Phi) is 5.96. The lowest BCUT2D eigenvalue weighted by atomic mass is 10.1. The fourth-order valence-electron chi connectivity index (χ4n) is 3.21. The van der Waals surface area contributed by atoms with Crippen LogP contribution in [0.2, 0.25) is 0 Å². The van der Waals surface area contributed by atoms with E-state index in [1.807, 2.05) is 23.9 Å². The predicted molar refractivity (Wildman–Crippen MR) is 94.4 cm³/mol. The molecule has 1 fully saturated rings. The number of aliphatic hydroxyl groups excluding tert-OH is 1. The van der Waals surface area contributed by atoms with Gasteiger partial charge in [-0.05, 0) is 44.5 Å². The first-order valence-electron chi connectivity index (χ1n) is 8.76. The number of aromatic nitrogens is 3. The number of pyridine rings is 1. The lowest BCUT2D eigenvalue weighted by Crippen LogP contribution is -2.37. The van der Waals surface area contributed by atoms with Crippen molar-refractivity contribution in [1.82, 2.24) is 25.0 Å². The SMILES string of the molecule is Cn1cc(CNCCCN2CCC(O)CC2)c(-c2ccncc2)n1. The molecule has 3 rings (SSSR count). The van der Waals surface area contributed by atoms with Gasteiger partial charge in [-0.1, -0.05) is 0 Å². The van der Waals surface area contributed by atoms with E-state index in [0.29, 0.717) is 0 Å². The Labute approximate surface area is 143 Å². The monoisotopic (exact) mass is 329 g/mol. The first-order valence-corrected chi connectivity index (χ1v) is 8.76. The molecule has 0 atom stereocenters. The molecule has 2 N–H and O–H groups in total. The van der Waals surface area contributed by atoms with Crippen LogP contribution in [0.4, 0.5) is 0 Å². The molecule has 24 heavy (non-hydrogen) atoms. The van der Waals surface area contributed by atoms with Crippen molar-refractivity contribution in [2.45, 2.75) is 31.9 Å². The number of rotatable bonds is 7. The number of nitrogens with zero attached hydrogens (tertiary/aromatic N) is 4. The zero-order valence-electron chi connectivity index (χ0n) is 14.4. The second kappa shape index (κ2) is 8.37. The smallest absolute Gasteiger partial charge is 0.0969 e. The number of aliphatic hydroxyl groups is 1. The van der Waals surface area contributed by atoms with Crippen LogP contribution in [0.1, 0.15) is 24.8 Å². The number of piperidine rings is 1. The van der Waals surface area contributed by atoms with Gasteiger partial charge < -0.3 is 15.3 Å². The average Bonchev–Trinajstić information content (AvgIpc) is 2.98. The van der Waals surface area contributed by atoms with Gasteiger partial charge in [0.1, 0.15) is 0 Å². The van der Waals surface area contributed by atoms with Crippen LogP contribution in [0, 0.1) is 0 Å². The zero-order chi connectivity index (χ0) is 16.8. The van der Waals surface area contributed by atoms with Crippen molar-refractivity contribution in [3.8, 4) is 11.3 Å². The van der Waals surface area contributed by atoms with Crippen LogP contribution < -0.4 is 5.32 Å². The molecule has 0 aliphatic carbocycles. The van der Waals surface area contributed by atoms with Crippen molar-refractivity contribution in [3.05, 3.63) is 36.3 Å². The van der Waals surface area contributed by atoms with Crippen LogP contribution >= 0.6 is 0 Å². The van der Waals surface area contributed by atoms with E-state index in [4.69, 9.17) is 0 Å². The molecule has 2 aromatic rings. The Morgan fingerprint density at radius 3 is 2.75 bits per heavy atom. The van der Waals surface area contributed by atoms with E-state index in [9.17, 15) is 5.11 Å². The third-order valence-corrected chi connectivity index (χ3v) is 4.56. The summed E-state index contributed by atoms with van der Waals surface area (Å²) in [7, 11) is 1.96. The summed E-state index contributed by atoms with van der Waals surface area (Å²) < 4.78 is 1.87. The quantitative estimate of drug-likeness (QED) is 0.752. The predicted octanol–water partition coefficient (Wildman–Crippen LogP) is 1.42. The summed E-state index contributed by atoms with van der Waals surface area (Å²) in [5, 5.41) is 17.6. The van der Waals surface area contributed by atoms with Crippen molar-refractivity contribution in [3.63, 3.8) is 0 Å². The summed E-state index contributed by atoms with van der Waals surface area (Å²) in [6.45, 7) is 4.96. The summed E-state index contributed by atoms with van der Waals surface area (Å²) >= 11 is 0. The number of nitrogens with one attached hydrogen (secondary N) is 1. The van der Waals surface area contributed by atoms with Crippen molar-refractivity contribution in [2.75, 3.05) is 26.2 Å². The minimum absolute atomic E-state index is 0.0865. The highest BCUT2D eigenvalue weighted by atomic mass is 16.3. The molecule has 0 aromatic carbocycles. The minimum Gasteiger partial charge on any atom is -0.393 e. The van der Waals surface area contributed by atoms with Crippen LogP contribution in [-0.4, -0.2) is 57.1 Å². The lowest BCUT2D eigenvalue weighted by Gasteiger charge is -2.29. The van der Waals surface area contributed by atoms with Crippen molar-refractivity contribution in [2.24, 2.45) is 7.05 Å². The van der Waals surface area contributed by atoms with E-state index < -0.39 is 0 Å². The molecule has 2 aromatic heterocycles. The lowest BCUT2D eigenvalue weighted by molar-refractivity contribution is 0.0821. The van der Waals surface area contributed by atoms with Gasteiger partial charge in [0.25, 0.3) is 0 Å². The zero-order valence-corrected chi connectivity index (χ0v) is 14.4. The fraction of sp³-hybridized carbons (Fsp3) is 0.556. The maximum atomic E-state index is 9.53. The van der Waals surface area contributed by atoms with Gasteiger partial charge in [-0.15, -0.1) is 0 Å². The summed E-state index contributed by atoms with van der Waals surface area (Å²) in [5.41, 5.74) is 3.34. The number of hydrogen-bond acceptors (Lipinski definition) is 5. The molecular weight excluding hydrogens is 302 g/mol. The Morgan fingerprint density at radius 2 is 2.00 bits per heavy atom. The van der Waals surface area contributed by atoms with E-state index in [0.717, 1.165) is 63.2 Å².